The molecule has 3 atom stereocenters. The van der Waals surface area contributed by atoms with Gasteiger partial charge in [-0.05, 0) is 34.6 Å². The van der Waals surface area contributed by atoms with Gasteiger partial charge in [-0.25, -0.2) is 14.8 Å². The smallest absolute Gasteiger partial charge is 0.317 e. The number of hydrogen-bond acceptors (Lipinski definition) is 7. The number of nitrogens with one attached hydrogen (secondary N) is 1. The van der Waals surface area contributed by atoms with Crippen LogP contribution < -0.4 is 10.2 Å². The molecule has 0 aliphatic carbocycles. The van der Waals surface area contributed by atoms with Gasteiger partial charge in [-0.3, -0.25) is 4.79 Å². The van der Waals surface area contributed by atoms with Crippen molar-refractivity contribution in [1.29, 1.82) is 0 Å². The molecule has 3 unspecified atom stereocenters. The van der Waals surface area contributed by atoms with Crippen molar-refractivity contribution < 1.29 is 14.3 Å². The highest BCUT2D eigenvalue weighted by Gasteiger charge is 2.29. The minimum Gasteiger partial charge on any atom is -0.372 e. The molecule has 0 spiro atoms. The van der Waals surface area contributed by atoms with Gasteiger partial charge in [0.1, 0.15) is 11.0 Å². The van der Waals surface area contributed by atoms with E-state index in [9.17, 15) is 9.59 Å². The fourth-order valence-electron chi connectivity index (χ4n) is 4.01. The normalized spacial score (nSPS) is 24.1. The van der Waals surface area contributed by atoms with Crippen molar-refractivity contribution in [3.63, 3.8) is 0 Å². The number of carbonyl (C=O) groups is 2. The van der Waals surface area contributed by atoms with E-state index in [4.69, 9.17) is 16.3 Å². The van der Waals surface area contributed by atoms with E-state index < -0.39 is 0 Å². The quantitative estimate of drug-likeness (QED) is 0.390. The van der Waals surface area contributed by atoms with Crippen LogP contribution >= 0.6 is 23.4 Å². The minimum absolute atomic E-state index is 0.0271. The summed E-state index contributed by atoms with van der Waals surface area (Å²) in [5.74, 6) is 1.00. The van der Waals surface area contributed by atoms with Crippen molar-refractivity contribution in [2.45, 2.75) is 64.1 Å². The Balaban J connectivity index is 1.60. The molecule has 0 aromatic carbocycles. The summed E-state index contributed by atoms with van der Waals surface area (Å²) in [6, 6.07) is 1.81. The molecule has 32 heavy (non-hydrogen) atoms. The van der Waals surface area contributed by atoms with Crippen molar-refractivity contribution in [3.8, 4) is 0 Å². The number of piperazine rings is 1. The lowest BCUT2D eigenvalue weighted by Gasteiger charge is -2.40. The topological polar surface area (TPSA) is 90.9 Å². The van der Waals surface area contributed by atoms with E-state index in [-0.39, 0.29) is 42.0 Å². The summed E-state index contributed by atoms with van der Waals surface area (Å²) in [7, 11) is 0. The van der Waals surface area contributed by atoms with Crippen LogP contribution in [0.5, 0.6) is 0 Å². The standard InChI is InChI=1S/C21H33ClN6O3S/c1-13(2)23-21(30)28-7-6-26(9-14(28)3)18-8-17(22)24-20(25-18)32-12-19(29)27-10-15(4)31-16(5)11-27/h8,13-16H,6-7,9-12H2,1-5H3,(H,23,30). The molecule has 11 heteroatoms. The Morgan fingerprint density at radius 2 is 1.88 bits per heavy atom. The number of carbonyl (C=O) groups excluding carboxylic acids is 2. The molecule has 1 N–H and O–H groups in total. The van der Waals surface area contributed by atoms with Crippen LogP contribution in [-0.2, 0) is 9.53 Å². The predicted octanol–water partition coefficient (Wildman–Crippen LogP) is 2.49. The average molecular weight is 485 g/mol. The Kier molecular flexibility index (Phi) is 8.46. The molecule has 2 fully saturated rings. The highest BCUT2D eigenvalue weighted by molar-refractivity contribution is 7.99. The molecule has 3 amide bonds. The van der Waals surface area contributed by atoms with Gasteiger partial charge in [0.2, 0.25) is 5.91 Å². The van der Waals surface area contributed by atoms with E-state index in [0.29, 0.717) is 48.9 Å². The number of thioether (sulfide) groups is 1. The highest BCUT2D eigenvalue weighted by Crippen LogP contribution is 2.25. The zero-order valence-corrected chi connectivity index (χ0v) is 20.9. The van der Waals surface area contributed by atoms with Gasteiger partial charge in [-0.1, -0.05) is 23.4 Å². The Morgan fingerprint density at radius 1 is 1.19 bits per heavy atom. The third-order valence-corrected chi connectivity index (χ3v) is 6.41. The molecular weight excluding hydrogens is 452 g/mol. The molecule has 1 aromatic rings. The molecule has 2 aliphatic heterocycles. The molecule has 178 valence electrons. The molecule has 0 radical (unpaired) electrons. The van der Waals surface area contributed by atoms with Crippen molar-refractivity contribution in [3.05, 3.63) is 11.2 Å². The van der Waals surface area contributed by atoms with Crippen molar-refractivity contribution in [2.75, 3.05) is 43.4 Å². The number of nitrogens with zero attached hydrogens (tertiary/aromatic N) is 5. The zero-order chi connectivity index (χ0) is 23.4. The summed E-state index contributed by atoms with van der Waals surface area (Å²) in [5.41, 5.74) is 0. The lowest BCUT2D eigenvalue weighted by molar-refractivity contribution is -0.140. The van der Waals surface area contributed by atoms with E-state index >= 15 is 0 Å². The van der Waals surface area contributed by atoms with Crippen LogP contribution in [0.3, 0.4) is 0 Å². The Hall–Kier alpha value is -1.78. The lowest BCUT2D eigenvalue weighted by Crippen LogP contribution is -2.57. The molecule has 0 bridgehead atoms. The summed E-state index contributed by atoms with van der Waals surface area (Å²) < 4.78 is 5.70. The number of rotatable bonds is 5. The summed E-state index contributed by atoms with van der Waals surface area (Å²) in [5, 5.41) is 3.76. The van der Waals surface area contributed by atoms with Crippen LogP contribution in [0.15, 0.2) is 11.2 Å². The maximum Gasteiger partial charge on any atom is 0.317 e. The Morgan fingerprint density at radius 3 is 2.50 bits per heavy atom. The maximum atomic E-state index is 12.7. The van der Waals surface area contributed by atoms with Gasteiger partial charge in [0.15, 0.2) is 5.16 Å². The number of hydrogen-bond donors (Lipinski definition) is 1. The lowest BCUT2D eigenvalue weighted by atomic mass is 10.2. The predicted molar refractivity (Wildman–Crippen MR) is 126 cm³/mol. The van der Waals surface area contributed by atoms with Gasteiger partial charge in [-0.15, -0.1) is 0 Å². The number of halogens is 1. The van der Waals surface area contributed by atoms with Gasteiger partial charge >= 0.3 is 6.03 Å². The van der Waals surface area contributed by atoms with Gasteiger partial charge in [0.05, 0.1) is 18.0 Å². The van der Waals surface area contributed by atoms with Gasteiger partial charge in [0, 0.05) is 50.9 Å². The third kappa shape index (κ3) is 6.62. The van der Waals surface area contributed by atoms with Crippen molar-refractivity contribution in [1.82, 2.24) is 25.1 Å². The summed E-state index contributed by atoms with van der Waals surface area (Å²) >= 11 is 7.56. The number of ether oxygens (including phenoxy) is 1. The van der Waals surface area contributed by atoms with Gasteiger partial charge in [-0.2, -0.15) is 0 Å². The Bertz CT molecular complexity index is 819. The van der Waals surface area contributed by atoms with E-state index in [1.165, 1.54) is 11.8 Å². The number of morpholine rings is 1. The first-order valence-corrected chi connectivity index (χ1v) is 12.4. The number of aromatic nitrogens is 2. The highest BCUT2D eigenvalue weighted by atomic mass is 35.5. The van der Waals surface area contributed by atoms with Gasteiger partial charge in [0.25, 0.3) is 0 Å². The molecule has 1 aromatic heterocycles. The summed E-state index contributed by atoms with van der Waals surface area (Å²) in [4.78, 5) is 39.8. The first-order valence-electron chi connectivity index (χ1n) is 11.0. The molecule has 0 saturated carbocycles. The third-order valence-electron chi connectivity index (χ3n) is 5.38. The molecule has 9 nitrogen and oxygen atoms in total. The monoisotopic (exact) mass is 484 g/mol. The molecule has 2 saturated heterocycles. The van der Waals surface area contributed by atoms with Crippen LogP contribution in [0.1, 0.15) is 34.6 Å². The molecule has 3 rings (SSSR count). The maximum absolute atomic E-state index is 12.7. The molecule has 3 heterocycles. The van der Waals surface area contributed by atoms with Gasteiger partial charge < -0.3 is 24.8 Å². The van der Waals surface area contributed by atoms with Crippen LogP contribution in [-0.4, -0.2) is 94.5 Å². The SMILES string of the molecule is CC(C)NC(=O)N1CCN(c2cc(Cl)nc(SCC(=O)N3CC(C)OC(C)C3)n2)CC1C. The number of anilines is 1. The van der Waals surface area contributed by atoms with Crippen molar-refractivity contribution in [2.24, 2.45) is 0 Å². The van der Waals surface area contributed by atoms with Crippen LogP contribution in [0.25, 0.3) is 0 Å². The molecule has 2 aliphatic rings. The fraction of sp³-hybridized carbons (Fsp3) is 0.714. The zero-order valence-electron chi connectivity index (χ0n) is 19.4. The van der Waals surface area contributed by atoms with Crippen LogP contribution in [0.4, 0.5) is 10.6 Å². The van der Waals surface area contributed by atoms with Crippen LogP contribution in [0.2, 0.25) is 5.15 Å². The first-order chi connectivity index (χ1) is 15.1. The molecular formula is C21H33ClN6O3S. The second-order valence-electron chi connectivity index (χ2n) is 8.77. The van der Waals surface area contributed by atoms with E-state index in [2.05, 4.69) is 20.2 Å². The second-order valence-corrected chi connectivity index (χ2v) is 10.1. The van der Waals surface area contributed by atoms with Crippen molar-refractivity contribution >= 4 is 41.1 Å². The fourth-order valence-corrected chi connectivity index (χ4v) is 4.99. The average Bonchev–Trinajstić information content (AvgIpc) is 2.70. The minimum atomic E-state index is -0.0469. The largest absolute Gasteiger partial charge is 0.372 e. The van der Waals surface area contributed by atoms with E-state index in [1.54, 1.807) is 6.07 Å². The van der Waals surface area contributed by atoms with E-state index in [1.807, 2.05) is 44.4 Å². The second kappa shape index (κ2) is 10.9. The number of urea groups is 1. The number of amides is 3. The Labute approximate surface area is 199 Å². The summed E-state index contributed by atoms with van der Waals surface area (Å²) in [6.07, 6.45) is 0.0648. The first kappa shape index (κ1) is 24.9. The van der Waals surface area contributed by atoms with E-state index in [0.717, 1.165) is 0 Å². The van der Waals surface area contributed by atoms with Crippen LogP contribution in [0, 0.1) is 0 Å². The summed E-state index contributed by atoms with van der Waals surface area (Å²) in [6.45, 7) is 12.9.